The SMILES string of the molecule is CC1(C)c2ccccc2B2c3ccccc3-n3c4ccccc4c4cc(I(F)(F)=Nc5ccccc5)c1c2c43. The van der Waals surface area contributed by atoms with Gasteiger partial charge in [0.05, 0.1) is 0 Å². The van der Waals surface area contributed by atoms with E-state index >= 15 is 5.72 Å². The summed E-state index contributed by atoms with van der Waals surface area (Å²) in [7, 11) is 0. The van der Waals surface area contributed by atoms with E-state index in [0.717, 1.165) is 49.5 Å². The van der Waals surface area contributed by atoms with Crippen LogP contribution in [0.5, 0.6) is 0 Å². The van der Waals surface area contributed by atoms with Gasteiger partial charge < -0.3 is 0 Å². The van der Waals surface area contributed by atoms with Crippen LogP contribution in [-0.2, 0) is 5.41 Å². The van der Waals surface area contributed by atoms with E-state index in [-0.39, 0.29) is 10.3 Å². The summed E-state index contributed by atoms with van der Waals surface area (Å²) in [5.74, 6) is 0. The molecule has 0 radical (unpaired) electrons. The van der Waals surface area contributed by atoms with Crippen LogP contribution in [0.25, 0.3) is 27.5 Å². The Morgan fingerprint density at radius 2 is 1.41 bits per heavy atom. The van der Waals surface area contributed by atoms with Gasteiger partial charge >= 0.3 is 232 Å². The van der Waals surface area contributed by atoms with E-state index < -0.39 is 24.8 Å². The van der Waals surface area contributed by atoms with Crippen LogP contribution in [0.15, 0.2) is 112 Å². The number of rotatable bonds is 2. The molecule has 0 spiro atoms. The molecule has 2 nitrogen and oxygen atoms in total. The Kier molecular flexibility index (Phi) is 4.74. The first-order chi connectivity index (χ1) is 18.9. The van der Waals surface area contributed by atoms with Gasteiger partial charge in [0.1, 0.15) is 0 Å². The monoisotopic (exact) mass is 624 g/mol. The van der Waals surface area contributed by atoms with E-state index in [4.69, 9.17) is 0 Å². The summed E-state index contributed by atoms with van der Waals surface area (Å²) in [5, 5.41) is 1.89. The van der Waals surface area contributed by atoms with E-state index in [0.29, 0.717) is 5.69 Å². The third kappa shape index (κ3) is 3.06. The number of hydrogen-bond acceptors (Lipinski definition) is 1. The molecule has 0 saturated carbocycles. The van der Waals surface area contributed by atoms with Crippen LogP contribution in [0, 0.1) is 3.57 Å². The molecular weight excluding hydrogens is 600 g/mol. The fourth-order valence-corrected chi connectivity index (χ4v) is 10.6. The van der Waals surface area contributed by atoms with Crippen molar-refractivity contribution in [3.8, 4) is 5.69 Å². The van der Waals surface area contributed by atoms with Gasteiger partial charge in [-0.1, -0.05) is 0 Å². The quantitative estimate of drug-likeness (QED) is 0.138. The second kappa shape index (κ2) is 7.95. The number of nitrogens with zero attached hydrogens (tertiary/aromatic N) is 2. The molecule has 0 atom stereocenters. The average Bonchev–Trinajstić information content (AvgIpc) is 3.28. The van der Waals surface area contributed by atoms with E-state index in [1.54, 1.807) is 30.3 Å². The number of halogens is 3. The summed E-state index contributed by atoms with van der Waals surface area (Å²) >= 11 is -5.84. The molecule has 6 heteroatoms. The van der Waals surface area contributed by atoms with Crippen LogP contribution in [0.4, 0.5) is 11.4 Å². The molecule has 0 fully saturated rings. The van der Waals surface area contributed by atoms with E-state index in [9.17, 15) is 0 Å². The van der Waals surface area contributed by atoms with Crippen molar-refractivity contribution in [1.82, 2.24) is 4.57 Å². The van der Waals surface area contributed by atoms with E-state index in [1.165, 1.54) is 5.46 Å². The molecule has 3 heterocycles. The maximum atomic E-state index is 16.7. The van der Waals surface area contributed by atoms with Gasteiger partial charge in [-0.15, -0.1) is 0 Å². The Hall–Kier alpha value is -3.65. The van der Waals surface area contributed by atoms with E-state index in [2.05, 4.69) is 76.2 Å². The Labute approximate surface area is 231 Å². The Morgan fingerprint density at radius 1 is 0.744 bits per heavy atom. The van der Waals surface area contributed by atoms with Crippen LogP contribution in [0.3, 0.4) is 0 Å². The molecule has 190 valence electrons. The van der Waals surface area contributed by atoms with Gasteiger partial charge in [0.25, 0.3) is 0 Å². The second-order valence-corrected chi connectivity index (χ2v) is 14.9. The number of benzene rings is 5. The number of hydrogen-bond donors (Lipinski definition) is 0. The Balaban J connectivity index is 1.63. The van der Waals surface area contributed by atoms with Crippen molar-refractivity contribution in [2.75, 3.05) is 0 Å². The maximum absolute atomic E-state index is 16.7. The van der Waals surface area contributed by atoms with Crippen molar-refractivity contribution in [1.29, 1.82) is 0 Å². The van der Waals surface area contributed by atoms with Gasteiger partial charge in [-0.05, 0) is 0 Å². The first-order valence-corrected chi connectivity index (χ1v) is 16.8. The summed E-state index contributed by atoms with van der Waals surface area (Å²) in [6.45, 7) is 4.10. The van der Waals surface area contributed by atoms with Crippen molar-refractivity contribution in [2.45, 2.75) is 19.3 Å². The summed E-state index contributed by atoms with van der Waals surface area (Å²) in [6.07, 6.45) is 0. The van der Waals surface area contributed by atoms with Crippen molar-refractivity contribution < 1.29 is 5.72 Å². The molecule has 8 rings (SSSR count). The molecule has 0 saturated heterocycles. The first kappa shape index (κ1) is 23.3. The van der Waals surface area contributed by atoms with E-state index in [1.807, 2.05) is 24.3 Å². The fraction of sp³-hybridized carbons (Fsp3) is 0.0909. The van der Waals surface area contributed by atoms with Gasteiger partial charge in [-0.25, -0.2) is 0 Å². The fourth-order valence-electron chi connectivity index (χ4n) is 6.99. The van der Waals surface area contributed by atoms with Crippen LogP contribution in [0.1, 0.15) is 25.0 Å². The Bertz CT molecular complexity index is 2040. The average molecular weight is 624 g/mol. The summed E-state index contributed by atoms with van der Waals surface area (Å²) < 4.78 is 40.1. The van der Waals surface area contributed by atoms with Gasteiger partial charge in [0, 0.05) is 0 Å². The second-order valence-electron chi connectivity index (χ2n) is 10.9. The van der Waals surface area contributed by atoms with Crippen LogP contribution >= 0.6 is 19.4 Å². The zero-order chi connectivity index (χ0) is 26.5. The van der Waals surface area contributed by atoms with Gasteiger partial charge in [-0.2, -0.15) is 0 Å². The standard InChI is InChI=1S/C33H24BF2IN2/c1-33(2)24-15-7-8-16-25(24)34-26-17-9-11-19-29(26)39-28-18-10-6-14-22(28)23-20-27(30(33)31(34)32(23)39)37(35,36)38-21-12-4-3-5-13-21/h3-20H,1-2H3. The molecule has 0 N–H and O–H groups in total. The topological polar surface area (TPSA) is 17.3 Å². The van der Waals surface area contributed by atoms with Crippen molar-refractivity contribution >= 4 is 70.0 Å². The van der Waals surface area contributed by atoms with Crippen molar-refractivity contribution in [3.05, 3.63) is 124 Å². The molecule has 0 amide bonds. The zero-order valence-electron chi connectivity index (χ0n) is 21.5. The molecule has 1 aromatic heterocycles. The first-order valence-electron chi connectivity index (χ1n) is 13.1. The van der Waals surface area contributed by atoms with Gasteiger partial charge in [-0.3, -0.25) is 0 Å². The molecular formula is C33H24BF2IN2. The third-order valence-electron chi connectivity index (χ3n) is 8.50. The zero-order valence-corrected chi connectivity index (χ0v) is 23.7. The summed E-state index contributed by atoms with van der Waals surface area (Å²) in [6, 6.07) is 35.6. The minimum atomic E-state index is -5.84. The van der Waals surface area contributed by atoms with Crippen molar-refractivity contribution in [2.24, 2.45) is 3.15 Å². The Morgan fingerprint density at radius 3 is 2.23 bits per heavy atom. The minimum absolute atomic E-state index is 0.117. The molecule has 39 heavy (non-hydrogen) atoms. The summed E-state index contributed by atoms with van der Waals surface area (Å²) in [4.78, 5) is 0. The van der Waals surface area contributed by atoms with Crippen molar-refractivity contribution in [3.63, 3.8) is 0 Å². The third-order valence-corrected chi connectivity index (χ3v) is 11.9. The van der Waals surface area contributed by atoms with Crippen LogP contribution in [0.2, 0.25) is 0 Å². The number of para-hydroxylation sites is 2. The molecule has 0 bridgehead atoms. The molecule has 6 aromatic rings. The summed E-state index contributed by atoms with van der Waals surface area (Å²) in [5.41, 5.74) is 8.20. The molecule has 2 aliphatic heterocycles. The molecule has 0 aliphatic carbocycles. The van der Waals surface area contributed by atoms with Crippen LogP contribution < -0.4 is 16.4 Å². The van der Waals surface area contributed by atoms with Gasteiger partial charge in [0.15, 0.2) is 0 Å². The predicted molar refractivity (Wildman–Crippen MR) is 167 cm³/mol. The number of fused-ring (bicyclic) bond motifs is 8. The number of aromatic nitrogens is 1. The normalized spacial score (nSPS) is 15.2. The predicted octanol–water partition coefficient (Wildman–Crippen LogP) is 7.75. The van der Waals surface area contributed by atoms with Crippen LogP contribution in [-0.4, -0.2) is 11.3 Å². The molecule has 2 aliphatic rings. The molecule has 5 aromatic carbocycles. The van der Waals surface area contributed by atoms with Gasteiger partial charge in [0.2, 0.25) is 0 Å². The molecule has 0 unspecified atom stereocenters.